The van der Waals surface area contributed by atoms with Crippen LogP contribution in [0.3, 0.4) is 0 Å². The first kappa shape index (κ1) is 16.3. The molecule has 3 rings (SSSR count). The first-order valence-corrected chi connectivity index (χ1v) is 9.17. The van der Waals surface area contributed by atoms with Crippen LogP contribution in [0.5, 0.6) is 0 Å². The van der Waals surface area contributed by atoms with Gasteiger partial charge in [-0.3, -0.25) is 4.79 Å². The molecule has 0 radical (unpaired) electrons. The predicted octanol–water partition coefficient (Wildman–Crippen LogP) is 4.93. The molecule has 1 saturated carbocycles. The van der Waals surface area contributed by atoms with Crippen molar-refractivity contribution >= 4 is 12.5 Å². The number of hydrogen-bond donors (Lipinski definition) is 0. The van der Waals surface area contributed by atoms with Crippen LogP contribution < -0.4 is 0 Å². The lowest BCUT2D eigenvalue weighted by Gasteiger charge is -2.20. The molecular formula is C21H29NO. The summed E-state index contributed by atoms with van der Waals surface area (Å²) in [5.74, 6) is 0.757. The van der Waals surface area contributed by atoms with Crippen LogP contribution in [0.1, 0.15) is 72.4 Å². The third-order valence-corrected chi connectivity index (χ3v) is 5.86. The third-order valence-electron chi connectivity index (χ3n) is 5.86. The Morgan fingerprint density at radius 1 is 1.04 bits per heavy atom. The number of amides is 1. The fraction of sp³-hybridized carbons (Fsp3) is 0.571. The van der Waals surface area contributed by atoms with Crippen molar-refractivity contribution in [2.24, 2.45) is 5.92 Å². The highest BCUT2D eigenvalue weighted by molar-refractivity contribution is 5.66. The van der Waals surface area contributed by atoms with Gasteiger partial charge in [0.05, 0.1) is 0 Å². The van der Waals surface area contributed by atoms with Crippen molar-refractivity contribution in [3.63, 3.8) is 0 Å². The van der Waals surface area contributed by atoms with Crippen molar-refractivity contribution in [2.45, 2.75) is 72.4 Å². The maximum Gasteiger partial charge on any atom is 0.210 e. The average molecular weight is 311 g/mol. The van der Waals surface area contributed by atoms with E-state index in [0.29, 0.717) is 0 Å². The summed E-state index contributed by atoms with van der Waals surface area (Å²) in [5.41, 5.74) is 8.46. The van der Waals surface area contributed by atoms with E-state index in [1.165, 1.54) is 65.5 Å². The van der Waals surface area contributed by atoms with E-state index in [9.17, 15) is 4.79 Å². The number of rotatable bonds is 4. The molecule has 23 heavy (non-hydrogen) atoms. The molecule has 0 saturated heterocycles. The number of allylic oxidation sites excluding steroid dienone is 1. The van der Waals surface area contributed by atoms with Crippen LogP contribution in [0.2, 0.25) is 0 Å². The summed E-state index contributed by atoms with van der Waals surface area (Å²) in [5, 5.41) is 0. The molecule has 0 N–H and O–H groups in total. The molecule has 2 aliphatic rings. The molecule has 0 unspecified atom stereocenters. The van der Waals surface area contributed by atoms with Gasteiger partial charge in [-0.1, -0.05) is 38.3 Å². The Hall–Kier alpha value is -1.57. The van der Waals surface area contributed by atoms with E-state index in [4.69, 9.17) is 0 Å². The molecule has 1 fully saturated rings. The maximum atomic E-state index is 11.2. The number of carbonyl (C=O) groups is 1. The summed E-state index contributed by atoms with van der Waals surface area (Å²) in [6.45, 7) is 8.29. The molecule has 0 aromatic heterocycles. The van der Waals surface area contributed by atoms with Gasteiger partial charge in [0.15, 0.2) is 0 Å². The van der Waals surface area contributed by atoms with Crippen LogP contribution in [-0.4, -0.2) is 11.3 Å². The number of fused-ring (bicyclic) bond motifs is 1. The van der Waals surface area contributed by atoms with Crippen LogP contribution in [0.15, 0.2) is 6.08 Å². The largest absolute Gasteiger partial charge is 0.337 e. The van der Waals surface area contributed by atoms with Crippen LogP contribution in [0, 0.1) is 19.8 Å². The molecule has 1 aromatic carbocycles. The van der Waals surface area contributed by atoms with Crippen LogP contribution >= 0.6 is 0 Å². The Labute approximate surface area is 140 Å². The first-order valence-electron chi connectivity index (χ1n) is 9.17. The van der Waals surface area contributed by atoms with Crippen LogP contribution in [-0.2, 0) is 24.3 Å². The number of carbonyl (C=O) groups excluding carboxylic acids is 1. The third kappa shape index (κ3) is 3.08. The Morgan fingerprint density at radius 2 is 1.70 bits per heavy atom. The van der Waals surface area contributed by atoms with Crippen molar-refractivity contribution in [3.05, 3.63) is 39.5 Å². The van der Waals surface area contributed by atoms with Crippen molar-refractivity contribution in [3.8, 4) is 0 Å². The maximum absolute atomic E-state index is 11.2. The SMILES string of the molecule is CCc1c(C)c2c(c(C)c1/C=C/C1CCCCC1)CN(C=O)C2. The summed E-state index contributed by atoms with van der Waals surface area (Å²) in [6.07, 6.45) is 13.8. The second-order valence-corrected chi connectivity index (χ2v) is 7.22. The first-order chi connectivity index (χ1) is 11.2. The van der Waals surface area contributed by atoms with E-state index in [2.05, 4.69) is 32.9 Å². The number of hydrogen-bond acceptors (Lipinski definition) is 1. The highest BCUT2D eigenvalue weighted by atomic mass is 16.1. The van der Waals surface area contributed by atoms with Gasteiger partial charge >= 0.3 is 0 Å². The van der Waals surface area contributed by atoms with Gasteiger partial charge in [0.1, 0.15) is 0 Å². The zero-order valence-corrected chi connectivity index (χ0v) is 14.8. The molecule has 124 valence electrons. The fourth-order valence-electron chi connectivity index (χ4n) is 4.43. The van der Waals surface area contributed by atoms with Gasteiger partial charge in [0, 0.05) is 13.1 Å². The van der Waals surface area contributed by atoms with Crippen molar-refractivity contribution in [1.82, 2.24) is 4.90 Å². The lowest BCUT2D eigenvalue weighted by Crippen LogP contribution is -2.12. The molecule has 0 spiro atoms. The van der Waals surface area contributed by atoms with Crippen LogP contribution in [0.25, 0.3) is 6.08 Å². The van der Waals surface area contributed by atoms with E-state index in [-0.39, 0.29) is 0 Å². The van der Waals surface area contributed by atoms with E-state index < -0.39 is 0 Å². The van der Waals surface area contributed by atoms with E-state index in [0.717, 1.165) is 31.8 Å². The van der Waals surface area contributed by atoms with Gasteiger partial charge in [-0.25, -0.2) is 0 Å². The summed E-state index contributed by atoms with van der Waals surface area (Å²) < 4.78 is 0. The monoisotopic (exact) mass is 311 g/mol. The highest BCUT2D eigenvalue weighted by Gasteiger charge is 2.25. The fourth-order valence-corrected chi connectivity index (χ4v) is 4.43. The topological polar surface area (TPSA) is 20.3 Å². The molecule has 1 aliphatic carbocycles. The van der Waals surface area contributed by atoms with Crippen molar-refractivity contribution < 1.29 is 4.79 Å². The molecule has 1 amide bonds. The van der Waals surface area contributed by atoms with Gasteiger partial charge in [-0.05, 0) is 72.4 Å². The molecule has 2 heteroatoms. The quantitative estimate of drug-likeness (QED) is 0.722. The zero-order valence-electron chi connectivity index (χ0n) is 14.8. The molecule has 0 atom stereocenters. The molecular weight excluding hydrogens is 282 g/mol. The minimum absolute atomic E-state index is 0.757. The van der Waals surface area contributed by atoms with Gasteiger partial charge < -0.3 is 4.90 Å². The van der Waals surface area contributed by atoms with Gasteiger partial charge in [0.2, 0.25) is 6.41 Å². The number of nitrogens with zero attached hydrogens (tertiary/aromatic N) is 1. The Morgan fingerprint density at radius 3 is 2.30 bits per heavy atom. The zero-order chi connectivity index (χ0) is 16.4. The minimum Gasteiger partial charge on any atom is -0.337 e. The Kier molecular flexibility index (Phi) is 4.89. The molecule has 0 bridgehead atoms. The molecule has 1 aromatic rings. The highest BCUT2D eigenvalue weighted by Crippen LogP contribution is 2.35. The van der Waals surface area contributed by atoms with E-state index >= 15 is 0 Å². The molecule has 2 nitrogen and oxygen atoms in total. The second-order valence-electron chi connectivity index (χ2n) is 7.22. The summed E-state index contributed by atoms with van der Waals surface area (Å²) >= 11 is 0. The molecule has 1 heterocycles. The molecule has 1 aliphatic heterocycles. The van der Waals surface area contributed by atoms with Crippen molar-refractivity contribution in [2.75, 3.05) is 0 Å². The predicted molar refractivity (Wildman–Crippen MR) is 96.2 cm³/mol. The smallest absolute Gasteiger partial charge is 0.210 e. The second kappa shape index (κ2) is 6.90. The van der Waals surface area contributed by atoms with Crippen molar-refractivity contribution in [1.29, 1.82) is 0 Å². The van der Waals surface area contributed by atoms with Crippen LogP contribution in [0.4, 0.5) is 0 Å². The minimum atomic E-state index is 0.757. The standard InChI is InChI=1S/C21H29NO/c1-4-18-15(2)20-12-22(14-23)13-21(20)16(3)19(18)11-10-17-8-6-5-7-9-17/h10-11,14,17H,4-9,12-13H2,1-3H3/b11-10+. The van der Waals surface area contributed by atoms with E-state index in [1.54, 1.807) is 0 Å². The van der Waals surface area contributed by atoms with Gasteiger partial charge in [0.25, 0.3) is 0 Å². The number of benzene rings is 1. The van der Waals surface area contributed by atoms with E-state index in [1.807, 2.05) is 4.90 Å². The summed E-state index contributed by atoms with van der Waals surface area (Å²) in [4.78, 5) is 13.1. The lowest BCUT2D eigenvalue weighted by atomic mass is 9.85. The van der Waals surface area contributed by atoms with Gasteiger partial charge in [-0.2, -0.15) is 0 Å². The van der Waals surface area contributed by atoms with Gasteiger partial charge in [-0.15, -0.1) is 0 Å². The Bertz CT molecular complexity index is 623. The summed E-state index contributed by atoms with van der Waals surface area (Å²) in [7, 11) is 0. The Balaban J connectivity index is 1.98. The lowest BCUT2D eigenvalue weighted by molar-refractivity contribution is -0.118. The average Bonchev–Trinajstić information content (AvgIpc) is 3.02. The normalized spacial score (nSPS) is 18.7. The summed E-state index contributed by atoms with van der Waals surface area (Å²) in [6, 6.07) is 0.